The molecule has 0 atom stereocenters. The average molecular weight is 352 g/mol. The molecule has 3 rings (SSSR count). The van der Waals surface area contributed by atoms with Gasteiger partial charge in [-0.05, 0) is 13.8 Å². The second-order valence-corrected chi connectivity index (χ2v) is 7.36. The Morgan fingerprint density at radius 3 is 2.42 bits per heavy atom. The third-order valence-electron chi connectivity index (χ3n) is 3.63. The third-order valence-corrected chi connectivity index (χ3v) is 4.90. The lowest BCUT2D eigenvalue weighted by molar-refractivity contribution is 0.122. The molecular formula is C14H20N6O3S. The van der Waals surface area contributed by atoms with Gasteiger partial charge in [0, 0.05) is 25.3 Å². The summed E-state index contributed by atoms with van der Waals surface area (Å²) in [5.41, 5.74) is 0.297. The number of nitrogens with zero attached hydrogens (tertiary/aromatic N) is 5. The van der Waals surface area contributed by atoms with E-state index in [1.165, 1.54) is 24.9 Å². The minimum atomic E-state index is -3.76. The smallest absolute Gasteiger partial charge is 0.281 e. The molecule has 0 aromatic carbocycles. The van der Waals surface area contributed by atoms with Crippen LogP contribution in [0.4, 0.5) is 11.6 Å². The lowest BCUT2D eigenvalue weighted by Gasteiger charge is -2.26. The van der Waals surface area contributed by atoms with Crippen molar-refractivity contribution in [1.29, 1.82) is 0 Å². The molecule has 0 amide bonds. The van der Waals surface area contributed by atoms with Crippen molar-refractivity contribution in [2.24, 2.45) is 0 Å². The minimum absolute atomic E-state index is 0.0338. The summed E-state index contributed by atoms with van der Waals surface area (Å²) in [5, 5.41) is -0.0338. The molecule has 130 valence electrons. The van der Waals surface area contributed by atoms with Crippen LogP contribution in [0.2, 0.25) is 0 Å². The first kappa shape index (κ1) is 16.7. The molecule has 0 bridgehead atoms. The SMILES string of the molecule is CC(C)n1cnc(S(=O)(=O)Nc2cnc(N3CCOCC3)nc2)c1. The van der Waals surface area contributed by atoms with Crippen molar-refractivity contribution in [3.8, 4) is 0 Å². The molecule has 1 N–H and O–H groups in total. The lowest BCUT2D eigenvalue weighted by atomic mass is 10.4. The van der Waals surface area contributed by atoms with Crippen LogP contribution in [0.3, 0.4) is 0 Å². The van der Waals surface area contributed by atoms with E-state index in [0.29, 0.717) is 24.8 Å². The van der Waals surface area contributed by atoms with E-state index >= 15 is 0 Å². The van der Waals surface area contributed by atoms with Gasteiger partial charge in [0.05, 0.1) is 37.6 Å². The minimum Gasteiger partial charge on any atom is -0.378 e. The van der Waals surface area contributed by atoms with Crippen molar-refractivity contribution in [3.05, 3.63) is 24.9 Å². The van der Waals surface area contributed by atoms with Crippen LogP contribution in [0.1, 0.15) is 19.9 Å². The number of aromatic nitrogens is 4. The maximum Gasteiger partial charge on any atom is 0.281 e. The molecule has 0 unspecified atom stereocenters. The Morgan fingerprint density at radius 2 is 1.83 bits per heavy atom. The summed E-state index contributed by atoms with van der Waals surface area (Å²) >= 11 is 0. The first-order valence-electron chi connectivity index (χ1n) is 7.67. The molecule has 0 spiro atoms. The van der Waals surface area contributed by atoms with Crippen molar-refractivity contribution >= 4 is 21.7 Å². The Hall–Kier alpha value is -2.20. The van der Waals surface area contributed by atoms with Gasteiger partial charge in [-0.25, -0.2) is 15.0 Å². The van der Waals surface area contributed by atoms with Crippen LogP contribution in [0.25, 0.3) is 0 Å². The number of sulfonamides is 1. The number of morpholine rings is 1. The molecular weight excluding hydrogens is 332 g/mol. The van der Waals surface area contributed by atoms with E-state index < -0.39 is 10.0 Å². The summed E-state index contributed by atoms with van der Waals surface area (Å²) in [7, 11) is -3.76. The molecule has 10 heteroatoms. The molecule has 0 saturated carbocycles. The normalized spacial score (nSPS) is 15.7. The van der Waals surface area contributed by atoms with Gasteiger partial charge in [0.25, 0.3) is 10.0 Å². The van der Waals surface area contributed by atoms with Crippen molar-refractivity contribution < 1.29 is 13.2 Å². The van der Waals surface area contributed by atoms with Gasteiger partial charge in [-0.3, -0.25) is 4.72 Å². The van der Waals surface area contributed by atoms with Gasteiger partial charge < -0.3 is 14.2 Å². The van der Waals surface area contributed by atoms with E-state index in [-0.39, 0.29) is 11.1 Å². The number of ether oxygens (including phenoxy) is 1. The highest BCUT2D eigenvalue weighted by molar-refractivity contribution is 7.92. The number of imidazole rings is 1. The molecule has 2 aromatic rings. The van der Waals surface area contributed by atoms with Crippen LogP contribution in [-0.4, -0.2) is 54.2 Å². The van der Waals surface area contributed by atoms with Gasteiger partial charge in [-0.15, -0.1) is 0 Å². The first-order chi connectivity index (χ1) is 11.5. The molecule has 9 nitrogen and oxygen atoms in total. The van der Waals surface area contributed by atoms with E-state index in [9.17, 15) is 8.42 Å². The average Bonchev–Trinajstić information content (AvgIpc) is 3.07. The Bertz CT molecular complexity index is 781. The van der Waals surface area contributed by atoms with Gasteiger partial charge in [-0.1, -0.05) is 0 Å². The first-order valence-corrected chi connectivity index (χ1v) is 9.15. The second-order valence-electron chi connectivity index (χ2n) is 5.73. The molecule has 1 aliphatic heterocycles. The van der Waals surface area contributed by atoms with Crippen LogP contribution in [-0.2, 0) is 14.8 Å². The fraction of sp³-hybridized carbons (Fsp3) is 0.500. The fourth-order valence-electron chi connectivity index (χ4n) is 2.25. The van der Waals surface area contributed by atoms with Crippen LogP contribution >= 0.6 is 0 Å². The maximum absolute atomic E-state index is 12.4. The number of hydrogen-bond acceptors (Lipinski definition) is 7. The predicted molar refractivity (Wildman–Crippen MR) is 88.5 cm³/mol. The van der Waals surface area contributed by atoms with Gasteiger partial charge in [0.15, 0.2) is 5.03 Å². The highest BCUT2D eigenvalue weighted by Gasteiger charge is 2.19. The predicted octanol–water partition coefficient (Wildman–Crippen LogP) is 0.891. The third kappa shape index (κ3) is 3.65. The van der Waals surface area contributed by atoms with Crippen LogP contribution in [0, 0.1) is 0 Å². The zero-order chi connectivity index (χ0) is 17.2. The molecule has 0 aliphatic carbocycles. The summed E-state index contributed by atoms with van der Waals surface area (Å²) in [6, 6.07) is 0.137. The van der Waals surface area contributed by atoms with Gasteiger partial charge in [-0.2, -0.15) is 8.42 Å². The topological polar surface area (TPSA) is 102 Å². The summed E-state index contributed by atoms with van der Waals surface area (Å²) in [6.07, 6.45) is 5.90. The standard InChI is InChI=1S/C14H20N6O3S/c1-11(2)20-9-13(17-10-20)24(21,22)18-12-7-15-14(16-8-12)19-3-5-23-6-4-19/h7-11,18H,3-6H2,1-2H3. The van der Waals surface area contributed by atoms with E-state index in [0.717, 1.165) is 13.1 Å². The summed E-state index contributed by atoms with van der Waals surface area (Å²) in [5.74, 6) is 0.560. The molecule has 1 aliphatic rings. The Morgan fingerprint density at radius 1 is 1.17 bits per heavy atom. The summed E-state index contributed by atoms with van der Waals surface area (Å²) in [4.78, 5) is 14.4. The Labute approximate surface area is 140 Å². The van der Waals surface area contributed by atoms with Gasteiger partial charge in [0.1, 0.15) is 0 Å². The molecule has 1 saturated heterocycles. The molecule has 2 aromatic heterocycles. The van der Waals surface area contributed by atoms with E-state index in [4.69, 9.17) is 4.74 Å². The lowest BCUT2D eigenvalue weighted by Crippen LogP contribution is -2.37. The van der Waals surface area contributed by atoms with Crippen LogP contribution < -0.4 is 9.62 Å². The summed E-state index contributed by atoms with van der Waals surface area (Å²) < 4.78 is 34.2. The number of nitrogens with one attached hydrogen (secondary N) is 1. The molecule has 1 fully saturated rings. The number of rotatable bonds is 5. The van der Waals surface area contributed by atoms with E-state index in [2.05, 4.69) is 19.7 Å². The van der Waals surface area contributed by atoms with Gasteiger partial charge >= 0.3 is 0 Å². The van der Waals surface area contributed by atoms with Crippen LogP contribution in [0.15, 0.2) is 29.9 Å². The van der Waals surface area contributed by atoms with Crippen molar-refractivity contribution in [3.63, 3.8) is 0 Å². The Balaban J connectivity index is 1.72. The monoisotopic (exact) mass is 352 g/mol. The van der Waals surface area contributed by atoms with E-state index in [1.807, 2.05) is 18.7 Å². The largest absolute Gasteiger partial charge is 0.378 e. The number of hydrogen-bond donors (Lipinski definition) is 1. The maximum atomic E-state index is 12.4. The van der Waals surface area contributed by atoms with Crippen LogP contribution in [0.5, 0.6) is 0 Å². The number of anilines is 2. The Kier molecular flexibility index (Phi) is 4.67. The summed E-state index contributed by atoms with van der Waals surface area (Å²) in [6.45, 7) is 6.61. The van der Waals surface area contributed by atoms with Crippen molar-refractivity contribution in [2.75, 3.05) is 35.9 Å². The van der Waals surface area contributed by atoms with E-state index in [1.54, 1.807) is 4.57 Å². The zero-order valence-corrected chi connectivity index (χ0v) is 14.4. The fourth-order valence-corrected chi connectivity index (χ4v) is 3.21. The highest BCUT2D eigenvalue weighted by atomic mass is 32.2. The highest BCUT2D eigenvalue weighted by Crippen LogP contribution is 2.16. The second kappa shape index (κ2) is 6.73. The molecule has 3 heterocycles. The molecule has 24 heavy (non-hydrogen) atoms. The van der Waals surface area contributed by atoms with Crippen molar-refractivity contribution in [1.82, 2.24) is 19.5 Å². The zero-order valence-electron chi connectivity index (χ0n) is 13.6. The van der Waals surface area contributed by atoms with Crippen molar-refractivity contribution in [2.45, 2.75) is 24.9 Å². The quantitative estimate of drug-likeness (QED) is 0.852. The molecule has 0 radical (unpaired) electrons. The van der Waals surface area contributed by atoms with Gasteiger partial charge in [0.2, 0.25) is 5.95 Å².